The van der Waals surface area contributed by atoms with Crippen molar-refractivity contribution in [2.75, 3.05) is 0 Å². The summed E-state index contributed by atoms with van der Waals surface area (Å²) in [6.45, 7) is 6.71. The molecule has 0 aliphatic rings. The van der Waals surface area contributed by atoms with E-state index in [1.807, 2.05) is 0 Å². The highest BCUT2D eigenvalue weighted by Crippen LogP contribution is 2.40. The van der Waals surface area contributed by atoms with Crippen LogP contribution in [-0.2, 0) is 19.3 Å². The Labute approximate surface area is 223 Å². The second kappa shape index (κ2) is 21.8. The molecule has 0 unspecified atom stereocenters. The summed E-state index contributed by atoms with van der Waals surface area (Å²) >= 11 is 0. The van der Waals surface area contributed by atoms with E-state index in [2.05, 4.69) is 20.8 Å². The molecule has 0 saturated heterocycles. The minimum Gasteiger partial charge on any atom is -0.504 e. The number of aromatic hydroxyl groups is 2. The van der Waals surface area contributed by atoms with Gasteiger partial charge in [-0.2, -0.15) is 0 Å². The number of unbranched alkanes of at least 4 members (excludes halogenated alkanes) is 18. The second-order valence-electron chi connectivity index (χ2n) is 11.1. The van der Waals surface area contributed by atoms with Crippen LogP contribution in [0.2, 0.25) is 0 Å². The number of benzene rings is 1. The average molecular weight is 507 g/mol. The smallest absolute Gasteiger partial charge is 0.194 e. The third-order valence-corrected chi connectivity index (χ3v) is 7.80. The lowest BCUT2D eigenvalue weighted by Crippen LogP contribution is -2.06. The van der Waals surface area contributed by atoms with Gasteiger partial charge in [-0.1, -0.05) is 136 Å². The lowest BCUT2D eigenvalue weighted by atomic mass is 9.88. The Morgan fingerprint density at radius 2 is 0.694 bits per heavy atom. The van der Waals surface area contributed by atoms with Crippen LogP contribution in [0.15, 0.2) is 0 Å². The normalized spacial score (nSPS) is 11.4. The summed E-state index contributed by atoms with van der Waals surface area (Å²) in [4.78, 5) is 0. The predicted octanol–water partition coefficient (Wildman–Crippen LogP) is 11.1. The predicted molar refractivity (Wildman–Crippen MR) is 155 cm³/mol. The van der Waals surface area contributed by atoms with Crippen LogP contribution in [0, 0.1) is 5.82 Å². The fourth-order valence-corrected chi connectivity index (χ4v) is 5.46. The van der Waals surface area contributed by atoms with Crippen LogP contribution < -0.4 is 0 Å². The summed E-state index contributed by atoms with van der Waals surface area (Å²) in [6, 6.07) is 0. The van der Waals surface area contributed by atoms with E-state index in [0.717, 1.165) is 62.5 Å². The van der Waals surface area contributed by atoms with Crippen LogP contribution in [-0.4, -0.2) is 10.2 Å². The molecule has 0 spiro atoms. The maximum atomic E-state index is 15.2. The quantitative estimate of drug-likeness (QED) is 0.108. The number of phenolic OH excluding ortho intramolecular Hbond substituents is 2. The van der Waals surface area contributed by atoms with Crippen molar-refractivity contribution in [1.29, 1.82) is 0 Å². The van der Waals surface area contributed by atoms with Gasteiger partial charge in [0, 0.05) is 5.56 Å². The third-order valence-electron chi connectivity index (χ3n) is 7.80. The van der Waals surface area contributed by atoms with Gasteiger partial charge in [0.25, 0.3) is 0 Å². The Balaban J connectivity index is 2.83. The molecule has 1 aromatic rings. The maximum Gasteiger partial charge on any atom is 0.194 e. The molecule has 1 rings (SSSR count). The highest BCUT2D eigenvalue weighted by Gasteiger charge is 2.23. The molecule has 0 heterocycles. The molecule has 0 aliphatic heterocycles. The minimum absolute atomic E-state index is 0.195. The zero-order chi connectivity index (χ0) is 26.4. The first kappa shape index (κ1) is 32.8. The van der Waals surface area contributed by atoms with E-state index in [0.29, 0.717) is 12.0 Å². The molecule has 0 amide bonds. The Kier molecular flexibility index (Phi) is 19.8. The fraction of sp³-hybridized carbons (Fsp3) is 0.818. The van der Waals surface area contributed by atoms with Gasteiger partial charge in [-0.25, -0.2) is 4.39 Å². The zero-order valence-corrected chi connectivity index (χ0v) is 24.2. The monoisotopic (exact) mass is 506 g/mol. The lowest BCUT2D eigenvalue weighted by molar-refractivity contribution is 0.370. The van der Waals surface area contributed by atoms with Gasteiger partial charge in [-0.3, -0.25) is 0 Å². The molecule has 0 atom stereocenters. The molecule has 2 N–H and O–H groups in total. The van der Waals surface area contributed by atoms with Crippen molar-refractivity contribution >= 4 is 0 Å². The standard InChI is InChI=1S/C33H59FO2/c1-4-7-10-13-16-19-22-25-28-29(26-23-20-17-14-11-8-5-2)31(34)33(36)32(35)30(28)27-24-21-18-15-12-9-6-3/h35-36H,4-27H2,1-3H3. The van der Waals surface area contributed by atoms with Crippen molar-refractivity contribution in [3.63, 3.8) is 0 Å². The minimum atomic E-state index is -0.570. The SMILES string of the molecule is CCCCCCCCCc1c(O)c(O)c(F)c(CCCCCCCCC)c1CCCCCCCCC. The average Bonchev–Trinajstić information content (AvgIpc) is 2.88. The van der Waals surface area contributed by atoms with E-state index in [9.17, 15) is 10.2 Å². The first-order valence-corrected chi connectivity index (χ1v) is 15.8. The molecule has 210 valence electrons. The number of hydrogen-bond donors (Lipinski definition) is 2. The summed E-state index contributed by atoms with van der Waals surface area (Å²) < 4.78 is 15.2. The fourth-order valence-electron chi connectivity index (χ4n) is 5.46. The molecule has 0 aliphatic carbocycles. The van der Waals surface area contributed by atoms with Crippen molar-refractivity contribution in [2.24, 2.45) is 0 Å². The summed E-state index contributed by atoms with van der Waals surface area (Å²) in [5.74, 6) is -1.28. The Hall–Kier alpha value is -1.25. The lowest BCUT2D eigenvalue weighted by Gasteiger charge is -2.19. The van der Waals surface area contributed by atoms with Gasteiger partial charge in [0.15, 0.2) is 17.3 Å². The molecule has 3 heteroatoms. The summed E-state index contributed by atoms with van der Waals surface area (Å²) in [5.41, 5.74) is 2.52. The van der Waals surface area contributed by atoms with Crippen molar-refractivity contribution in [3.8, 4) is 11.5 Å². The highest BCUT2D eigenvalue weighted by molar-refractivity contribution is 5.54. The molecule has 0 fully saturated rings. The van der Waals surface area contributed by atoms with Gasteiger partial charge in [0.1, 0.15) is 0 Å². The first-order chi connectivity index (χ1) is 17.6. The van der Waals surface area contributed by atoms with Crippen LogP contribution in [0.5, 0.6) is 11.5 Å². The van der Waals surface area contributed by atoms with Crippen LogP contribution >= 0.6 is 0 Å². The topological polar surface area (TPSA) is 40.5 Å². The summed E-state index contributed by atoms with van der Waals surface area (Å²) in [6.07, 6.45) is 27.6. The van der Waals surface area contributed by atoms with E-state index in [4.69, 9.17) is 0 Å². The Morgan fingerprint density at radius 1 is 0.389 bits per heavy atom. The van der Waals surface area contributed by atoms with Crippen LogP contribution in [0.1, 0.15) is 172 Å². The largest absolute Gasteiger partial charge is 0.504 e. The van der Waals surface area contributed by atoms with E-state index in [1.54, 1.807) is 0 Å². The molecule has 0 bridgehead atoms. The van der Waals surface area contributed by atoms with E-state index in [-0.39, 0.29) is 5.75 Å². The molecule has 0 aromatic heterocycles. The van der Waals surface area contributed by atoms with Gasteiger partial charge >= 0.3 is 0 Å². The van der Waals surface area contributed by atoms with Crippen molar-refractivity contribution < 1.29 is 14.6 Å². The van der Waals surface area contributed by atoms with Gasteiger partial charge in [0.2, 0.25) is 0 Å². The third kappa shape index (κ3) is 13.3. The molecule has 0 saturated carbocycles. The van der Waals surface area contributed by atoms with Crippen LogP contribution in [0.4, 0.5) is 4.39 Å². The maximum absolute atomic E-state index is 15.2. The summed E-state index contributed by atoms with van der Waals surface area (Å²) in [7, 11) is 0. The molecular formula is C33H59FO2. The van der Waals surface area contributed by atoms with Crippen molar-refractivity contribution in [3.05, 3.63) is 22.5 Å². The van der Waals surface area contributed by atoms with Gasteiger partial charge in [-0.05, 0) is 49.7 Å². The highest BCUT2D eigenvalue weighted by atomic mass is 19.1. The number of rotatable bonds is 24. The van der Waals surface area contributed by atoms with E-state index < -0.39 is 11.6 Å². The summed E-state index contributed by atoms with van der Waals surface area (Å²) in [5, 5.41) is 21.2. The number of halogens is 1. The molecule has 0 radical (unpaired) electrons. The molecule has 36 heavy (non-hydrogen) atoms. The zero-order valence-electron chi connectivity index (χ0n) is 24.2. The van der Waals surface area contributed by atoms with Gasteiger partial charge in [0.05, 0.1) is 0 Å². The molecule has 2 nitrogen and oxygen atoms in total. The van der Waals surface area contributed by atoms with Crippen molar-refractivity contribution in [1.82, 2.24) is 0 Å². The Bertz CT molecular complexity index is 625. The first-order valence-electron chi connectivity index (χ1n) is 15.8. The van der Waals surface area contributed by atoms with Crippen molar-refractivity contribution in [2.45, 2.75) is 175 Å². The molecular weight excluding hydrogens is 447 g/mol. The van der Waals surface area contributed by atoms with Crippen LogP contribution in [0.25, 0.3) is 0 Å². The van der Waals surface area contributed by atoms with Gasteiger partial charge < -0.3 is 10.2 Å². The van der Waals surface area contributed by atoms with Crippen LogP contribution in [0.3, 0.4) is 0 Å². The Morgan fingerprint density at radius 3 is 1.08 bits per heavy atom. The van der Waals surface area contributed by atoms with Gasteiger partial charge in [-0.15, -0.1) is 0 Å². The van der Waals surface area contributed by atoms with E-state index in [1.165, 1.54) is 96.3 Å². The van der Waals surface area contributed by atoms with E-state index >= 15 is 4.39 Å². The molecule has 1 aromatic carbocycles. The number of phenols is 2. The number of hydrogen-bond acceptors (Lipinski definition) is 2. The second-order valence-corrected chi connectivity index (χ2v) is 11.1.